The minimum absolute atomic E-state index is 0.176. The van der Waals surface area contributed by atoms with Gasteiger partial charge in [-0.2, -0.15) is 0 Å². The summed E-state index contributed by atoms with van der Waals surface area (Å²) in [7, 11) is 0. The molecule has 1 atom stereocenters. The van der Waals surface area contributed by atoms with E-state index in [0.717, 1.165) is 42.5 Å². The second-order valence-corrected chi connectivity index (χ2v) is 7.44. The maximum Gasteiger partial charge on any atom is 0.182 e. The summed E-state index contributed by atoms with van der Waals surface area (Å²) in [6.45, 7) is 12.3. The molecule has 1 aromatic heterocycles. The van der Waals surface area contributed by atoms with E-state index >= 15 is 0 Å². The smallest absolute Gasteiger partial charge is 0.182 e. The number of likely N-dealkylation sites (tertiary alicyclic amines) is 1. The zero-order valence-corrected chi connectivity index (χ0v) is 14.7. The van der Waals surface area contributed by atoms with Crippen molar-refractivity contribution in [3.63, 3.8) is 0 Å². The Bertz CT molecular complexity index is 510. The van der Waals surface area contributed by atoms with Crippen molar-refractivity contribution >= 4 is 11.6 Å². The number of halogens is 1. The van der Waals surface area contributed by atoms with Crippen LogP contribution < -0.4 is 0 Å². The van der Waals surface area contributed by atoms with Crippen LogP contribution in [-0.2, 0) is 11.2 Å². The van der Waals surface area contributed by atoms with Crippen LogP contribution in [0.3, 0.4) is 0 Å². The Kier molecular flexibility index (Phi) is 5.74. The van der Waals surface area contributed by atoms with Gasteiger partial charge in [0.05, 0.1) is 10.7 Å². The quantitative estimate of drug-likeness (QED) is 0.712. The van der Waals surface area contributed by atoms with Crippen LogP contribution in [0, 0.1) is 5.92 Å². The van der Waals surface area contributed by atoms with Crippen molar-refractivity contribution in [3.8, 4) is 0 Å². The van der Waals surface area contributed by atoms with Gasteiger partial charge in [0.1, 0.15) is 5.60 Å². The van der Waals surface area contributed by atoms with Gasteiger partial charge < -0.3 is 9.64 Å². The summed E-state index contributed by atoms with van der Waals surface area (Å²) in [5.74, 6) is 1.52. The Morgan fingerprint density at radius 3 is 2.95 bits per heavy atom. The van der Waals surface area contributed by atoms with Crippen molar-refractivity contribution in [2.75, 3.05) is 13.1 Å². The van der Waals surface area contributed by atoms with Crippen LogP contribution in [0.5, 0.6) is 0 Å². The van der Waals surface area contributed by atoms with Gasteiger partial charge >= 0.3 is 0 Å². The third kappa shape index (κ3) is 5.20. The molecule has 2 heterocycles. The monoisotopic (exact) mass is 322 g/mol. The van der Waals surface area contributed by atoms with Crippen LogP contribution in [0.1, 0.15) is 45.7 Å². The van der Waals surface area contributed by atoms with Crippen molar-refractivity contribution in [1.82, 2.24) is 9.88 Å². The first-order chi connectivity index (χ1) is 10.3. The molecule has 0 saturated carbocycles. The van der Waals surface area contributed by atoms with Crippen LogP contribution in [-0.4, -0.2) is 28.6 Å². The molecule has 2 rings (SSSR count). The number of nitrogens with zero attached hydrogens (tertiary/aromatic N) is 2. The number of hydrogen-bond acceptors (Lipinski definition) is 3. The first-order valence-corrected chi connectivity index (χ1v) is 8.45. The van der Waals surface area contributed by atoms with E-state index in [2.05, 4.69) is 37.2 Å². The number of rotatable bonds is 6. The van der Waals surface area contributed by atoms with Crippen LogP contribution in [0.4, 0.5) is 0 Å². The molecule has 122 valence electrons. The Balaban J connectivity index is 1.73. The fourth-order valence-electron chi connectivity index (χ4n) is 2.87. The normalized spacial score (nSPS) is 18.5. The number of aryl methyl sites for hydroxylation is 1. The fraction of sp³-hybridized carbons (Fsp3) is 0.611. The minimum Gasteiger partial charge on any atom is -0.474 e. The zero-order chi connectivity index (χ0) is 16.2. The summed E-state index contributed by atoms with van der Waals surface area (Å²) in [6, 6.07) is 3.79. The highest BCUT2D eigenvalue weighted by Gasteiger charge is 2.25. The number of ether oxygens (including phenoxy) is 1. The van der Waals surface area contributed by atoms with E-state index in [1.54, 1.807) is 0 Å². The third-order valence-electron chi connectivity index (χ3n) is 3.92. The van der Waals surface area contributed by atoms with Gasteiger partial charge in [0.15, 0.2) is 5.88 Å². The number of aromatic nitrogens is 1. The minimum atomic E-state index is -0.176. The third-order valence-corrected chi connectivity index (χ3v) is 4.27. The molecule has 0 aromatic carbocycles. The van der Waals surface area contributed by atoms with E-state index in [1.165, 1.54) is 12.8 Å². The molecule has 0 bridgehead atoms. The van der Waals surface area contributed by atoms with Crippen molar-refractivity contribution in [2.24, 2.45) is 5.92 Å². The molecule has 4 heteroatoms. The highest BCUT2D eigenvalue weighted by Crippen LogP contribution is 2.27. The second kappa shape index (κ2) is 7.36. The SMILES string of the molecule is C=C(OC(C)(C)C)N1CC[C@@H](CCCc2ncccc2Cl)C1. The molecule has 0 unspecified atom stereocenters. The van der Waals surface area contributed by atoms with Crippen LogP contribution in [0.15, 0.2) is 30.8 Å². The zero-order valence-electron chi connectivity index (χ0n) is 13.9. The summed E-state index contributed by atoms with van der Waals surface area (Å²) in [6.07, 6.45) is 6.30. The topological polar surface area (TPSA) is 25.4 Å². The molecule has 1 aliphatic heterocycles. The highest BCUT2D eigenvalue weighted by atomic mass is 35.5. The maximum atomic E-state index is 6.15. The standard InChI is InChI=1S/C18H27ClN2O/c1-14(22-18(2,3)4)21-12-10-15(13-21)7-5-9-17-16(19)8-6-11-20-17/h6,8,11,15H,1,5,7,9-10,12-13H2,2-4H3/t15-/m1/s1. The Hall–Kier alpha value is -1.22. The molecule has 0 N–H and O–H groups in total. The Morgan fingerprint density at radius 2 is 2.27 bits per heavy atom. The van der Waals surface area contributed by atoms with E-state index < -0.39 is 0 Å². The molecule has 0 spiro atoms. The van der Waals surface area contributed by atoms with Gasteiger partial charge in [-0.05, 0) is 71.1 Å². The van der Waals surface area contributed by atoms with Crippen molar-refractivity contribution < 1.29 is 4.74 Å². The summed E-state index contributed by atoms with van der Waals surface area (Å²) >= 11 is 6.15. The van der Waals surface area contributed by atoms with Crippen LogP contribution in [0.2, 0.25) is 5.02 Å². The lowest BCUT2D eigenvalue weighted by atomic mass is 10.0. The van der Waals surface area contributed by atoms with E-state index in [-0.39, 0.29) is 5.60 Å². The lowest BCUT2D eigenvalue weighted by Crippen LogP contribution is -2.28. The van der Waals surface area contributed by atoms with Gasteiger partial charge in [-0.15, -0.1) is 0 Å². The van der Waals surface area contributed by atoms with Gasteiger partial charge in [-0.25, -0.2) is 0 Å². The maximum absolute atomic E-state index is 6.15. The largest absolute Gasteiger partial charge is 0.474 e. The molecule has 0 amide bonds. The van der Waals surface area contributed by atoms with Crippen LogP contribution >= 0.6 is 11.6 Å². The average Bonchev–Trinajstić information content (AvgIpc) is 2.88. The molecule has 3 nitrogen and oxygen atoms in total. The lowest BCUT2D eigenvalue weighted by Gasteiger charge is -2.28. The van der Waals surface area contributed by atoms with Gasteiger partial charge in [-0.1, -0.05) is 11.6 Å². The summed E-state index contributed by atoms with van der Waals surface area (Å²) in [4.78, 5) is 6.62. The molecule has 0 radical (unpaired) electrons. The first-order valence-electron chi connectivity index (χ1n) is 8.07. The van der Waals surface area contributed by atoms with E-state index in [1.807, 2.05) is 18.3 Å². The van der Waals surface area contributed by atoms with Crippen molar-refractivity contribution in [2.45, 2.75) is 52.1 Å². The molecular formula is C18H27ClN2O. The highest BCUT2D eigenvalue weighted by molar-refractivity contribution is 6.31. The molecule has 0 aliphatic carbocycles. The average molecular weight is 323 g/mol. The predicted octanol–water partition coefficient (Wildman–Crippen LogP) is 4.67. The van der Waals surface area contributed by atoms with Gasteiger partial charge in [-0.3, -0.25) is 4.98 Å². The van der Waals surface area contributed by atoms with E-state index in [0.29, 0.717) is 5.92 Å². The van der Waals surface area contributed by atoms with Crippen molar-refractivity contribution in [3.05, 3.63) is 41.5 Å². The Morgan fingerprint density at radius 1 is 1.50 bits per heavy atom. The molecule has 1 fully saturated rings. The molecule has 1 saturated heterocycles. The van der Waals surface area contributed by atoms with E-state index in [4.69, 9.17) is 16.3 Å². The van der Waals surface area contributed by atoms with Gasteiger partial charge in [0, 0.05) is 19.3 Å². The van der Waals surface area contributed by atoms with Crippen LogP contribution in [0.25, 0.3) is 0 Å². The summed E-state index contributed by atoms with van der Waals surface area (Å²) < 4.78 is 5.86. The summed E-state index contributed by atoms with van der Waals surface area (Å²) in [5.41, 5.74) is 0.838. The fourth-order valence-corrected chi connectivity index (χ4v) is 3.09. The van der Waals surface area contributed by atoms with E-state index in [9.17, 15) is 0 Å². The first kappa shape index (κ1) is 17.1. The lowest BCUT2D eigenvalue weighted by molar-refractivity contribution is 0.00795. The number of hydrogen-bond donors (Lipinski definition) is 0. The molecule has 1 aromatic rings. The number of pyridine rings is 1. The molecular weight excluding hydrogens is 296 g/mol. The molecule has 1 aliphatic rings. The summed E-state index contributed by atoms with van der Waals surface area (Å²) in [5, 5.41) is 0.780. The second-order valence-electron chi connectivity index (χ2n) is 7.03. The Labute approximate surface area is 139 Å². The molecule has 22 heavy (non-hydrogen) atoms. The van der Waals surface area contributed by atoms with Gasteiger partial charge in [0.25, 0.3) is 0 Å². The van der Waals surface area contributed by atoms with Gasteiger partial charge in [0.2, 0.25) is 0 Å². The van der Waals surface area contributed by atoms with Crippen molar-refractivity contribution in [1.29, 1.82) is 0 Å². The predicted molar refractivity (Wildman–Crippen MR) is 91.8 cm³/mol.